The summed E-state index contributed by atoms with van der Waals surface area (Å²) >= 11 is 0. The SMILES string of the molecule is CCN(CC)N1CCN(C(Cc2ccccc2)Cc2ccc(OCc3ccccc3)c(OCc3ccccc3)c2)CC1. The van der Waals surface area contributed by atoms with Gasteiger partial charge in [-0.05, 0) is 47.2 Å². The van der Waals surface area contributed by atoms with Crippen LogP contribution < -0.4 is 9.47 Å². The van der Waals surface area contributed by atoms with Crippen LogP contribution in [0.15, 0.2) is 109 Å². The smallest absolute Gasteiger partial charge is 0.161 e. The molecule has 42 heavy (non-hydrogen) atoms. The quantitative estimate of drug-likeness (QED) is 0.167. The maximum atomic E-state index is 6.41. The molecule has 5 heteroatoms. The minimum Gasteiger partial charge on any atom is -0.485 e. The molecule has 0 aliphatic carbocycles. The van der Waals surface area contributed by atoms with Crippen LogP contribution in [0.2, 0.25) is 0 Å². The van der Waals surface area contributed by atoms with Gasteiger partial charge in [0.15, 0.2) is 11.5 Å². The maximum absolute atomic E-state index is 6.41. The molecule has 1 heterocycles. The number of ether oxygens (including phenoxy) is 2. The highest BCUT2D eigenvalue weighted by atomic mass is 16.5. The number of rotatable bonds is 14. The molecule has 5 rings (SSSR count). The Kier molecular flexibility index (Phi) is 11.0. The fraction of sp³-hybridized carbons (Fsp3) is 0.351. The number of hydrazine groups is 1. The average Bonchev–Trinajstić information content (AvgIpc) is 3.05. The number of nitrogens with zero attached hydrogens (tertiary/aromatic N) is 3. The molecule has 4 aromatic rings. The van der Waals surface area contributed by atoms with Crippen molar-refractivity contribution in [2.75, 3.05) is 39.3 Å². The second kappa shape index (κ2) is 15.5. The van der Waals surface area contributed by atoms with Crippen LogP contribution in [-0.4, -0.2) is 60.2 Å². The van der Waals surface area contributed by atoms with Gasteiger partial charge in [-0.15, -0.1) is 0 Å². The Morgan fingerprint density at radius 2 is 1.07 bits per heavy atom. The van der Waals surface area contributed by atoms with Crippen molar-refractivity contribution in [2.45, 2.75) is 45.9 Å². The first kappa shape index (κ1) is 29.8. The normalized spacial score (nSPS) is 15.0. The lowest BCUT2D eigenvalue weighted by molar-refractivity contribution is -0.0577. The molecule has 220 valence electrons. The zero-order valence-corrected chi connectivity index (χ0v) is 25.2. The maximum Gasteiger partial charge on any atom is 0.161 e. The fourth-order valence-electron chi connectivity index (χ4n) is 5.85. The summed E-state index contributed by atoms with van der Waals surface area (Å²) in [7, 11) is 0. The van der Waals surface area contributed by atoms with Crippen molar-refractivity contribution in [1.82, 2.24) is 14.9 Å². The molecule has 0 N–H and O–H groups in total. The first-order valence-electron chi connectivity index (χ1n) is 15.5. The molecular weight excluding hydrogens is 518 g/mol. The van der Waals surface area contributed by atoms with Crippen molar-refractivity contribution in [2.24, 2.45) is 0 Å². The van der Waals surface area contributed by atoms with Crippen molar-refractivity contribution in [3.05, 3.63) is 131 Å². The van der Waals surface area contributed by atoms with Gasteiger partial charge in [-0.3, -0.25) is 4.90 Å². The summed E-state index contributed by atoms with van der Waals surface area (Å²) in [6, 6.07) is 38.5. The molecule has 0 radical (unpaired) electrons. The lowest BCUT2D eigenvalue weighted by atomic mass is 9.96. The molecule has 1 saturated heterocycles. The molecule has 1 atom stereocenters. The Balaban J connectivity index is 1.34. The third-order valence-corrected chi connectivity index (χ3v) is 8.21. The van der Waals surface area contributed by atoms with E-state index in [0.29, 0.717) is 19.3 Å². The van der Waals surface area contributed by atoms with Crippen molar-refractivity contribution in [1.29, 1.82) is 0 Å². The van der Waals surface area contributed by atoms with E-state index in [4.69, 9.17) is 9.47 Å². The van der Waals surface area contributed by atoms with E-state index < -0.39 is 0 Å². The third kappa shape index (κ3) is 8.45. The van der Waals surface area contributed by atoms with Crippen LogP contribution in [0.1, 0.15) is 36.1 Å². The molecule has 1 aliphatic heterocycles. The highest BCUT2D eigenvalue weighted by Crippen LogP contribution is 2.31. The first-order chi connectivity index (χ1) is 20.7. The first-order valence-corrected chi connectivity index (χ1v) is 15.5. The highest BCUT2D eigenvalue weighted by molar-refractivity contribution is 5.44. The molecule has 5 nitrogen and oxygen atoms in total. The van der Waals surface area contributed by atoms with Gasteiger partial charge in [0.1, 0.15) is 13.2 Å². The van der Waals surface area contributed by atoms with Gasteiger partial charge >= 0.3 is 0 Å². The lowest BCUT2D eigenvalue weighted by Gasteiger charge is -2.43. The molecule has 1 fully saturated rings. The van der Waals surface area contributed by atoms with Crippen LogP contribution in [0.3, 0.4) is 0 Å². The van der Waals surface area contributed by atoms with Crippen LogP contribution in [0.25, 0.3) is 0 Å². The largest absolute Gasteiger partial charge is 0.485 e. The second-order valence-corrected chi connectivity index (χ2v) is 11.0. The molecule has 0 aromatic heterocycles. The van der Waals surface area contributed by atoms with Crippen LogP contribution in [-0.2, 0) is 26.1 Å². The second-order valence-electron chi connectivity index (χ2n) is 11.0. The van der Waals surface area contributed by atoms with Gasteiger partial charge in [0.2, 0.25) is 0 Å². The van der Waals surface area contributed by atoms with Crippen molar-refractivity contribution in [3.63, 3.8) is 0 Å². The minimum absolute atomic E-state index is 0.407. The summed E-state index contributed by atoms with van der Waals surface area (Å²) in [6.45, 7) is 11.9. The molecule has 1 unspecified atom stereocenters. The Morgan fingerprint density at radius 1 is 0.571 bits per heavy atom. The van der Waals surface area contributed by atoms with Gasteiger partial charge in [0.25, 0.3) is 0 Å². The predicted octanol–water partition coefficient (Wildman–Crippen LogP) is 6.87. The van der Waals surface area contributed by atoms with E-state index in [1.807, 2.05) is 24.3 Å². The van der Waals surface area contributed by atoms with Crippen molar-refractivity contribution in [3.8, 4) is 11.5 Å². The predicted molar refractivity (Wildman–Crippen MR) is 172 cm³/mol. The molecule has 0 bridgehead atoms. The standard InChI is InChI=1S/C37H45N3O2/c1-3-39(4-2)40-24-22-38(23-25-40)35(26-31-14-8-5-9-15-31)27-34-20-21-36(41-29-32-16-10-6-11-17-32)37(28-34)42-30-33-18-12-7-13-19-33/h5-21,28,35H,3-4,22-27,29-30H2,1-2H3. The van der Waals surface area contributed by atoms with E-state index in [1.54, 1.807) is 0 Å². The number of hydrogen-bond acceptors (Lipinski definition) is 5. The van der Waals surface area contributed by atoms with Crippen LogP contribution >= 0.6 is 0 Å². The summed E-state index contributed by atoms with van der Waals surface area (Å²) < 4.78 is 12.7. The van der Waals surface area contributed by atoms with Crippen LogP contribution in [0, 0.1) is 0 Å². The van der Waals surface area contributed by atoms with Crippen molar-refractivity contribution >= 4 is 0 Å². The van der Waals surface area contributed by atoms with Crippen LogP contribution in [0.5, 0.6) is 11.5 Å². The summed E-state index contributed by atoms with van der Waals surface area (Å²) in [6.07, 6.45) is 1.99. The van der Waals surface area contributed by atoms with Gasteiger partial charge in [0, 0.05) is 45.3 Å². The minimum atomic E-state index is 0.407. The molecule has 1 aliphatic rings. The summed E-state index contributed by atoms with van der Waals surface area (Å²) in [5, 5.41) is 5.00. The highest BCUT2D eigenvalue weighted by Gasteiger charge is 2.26. The van der Waals surface area contributed by atoms with E-state index in [0.717, 1.165) is 74.7 Å². The molecule has 0 amide bonds. The average molecular weight is 564 g/mol. The zero-order chi connectivity index (χ0) is 29.0. The Labute approximate surface area is 252 Å². The topological polar surface area (TPSA) is 28.2 Å². The zero-order valence-electron chi connectivity index (χ0n) is 25.2. The Bertz CT molecular complexity index is 1320. The summed E-state index contributed by atoms with van der Waals surface area (Å²) in [4.78, 5) is 2.69. The van der Waals surface area contributed by atoms with Gasteiger partial charge in [-0.2, -0.15) is 0 Å². The van der Waals surface area contributed by atoms with E-state index in [-0.39, 0.29) is 0 Å². The number of benzene rings is 4. The van der Waals surface area contributed by atoms with E-state index in [1.165, 1.54) is 11.1 Å². The van der Waals surface area contributed by atoms with Gasteiger partial charge < -0.3 is 9.47 Å². The summed E-state index contributed by atoms with van der Waals surface area (Å²) in [5.74, 6) is 1.59. The third-order valence-electron chi connectivity index (χ3n) is 8.21. The lowest BCUT2D eigenvalue weighted by Crippen LogP contribution is -2.56. The van der Waals surface area contributed by atoms with Gasteiger partial charge in [0.05, 0.1) is 0 Å². The molecule has 0 saturated carbocycles. The summed E-state index contributed by atoms with van der Waals surface area (Å²) in [5.41, 5.74) is 4.95. The van der Waals surface area contributed by atoms with E-state index in [2.05, 4.69) is 114 Å². The molecule has 4 aromatic carbocycles. The Hall–Kier alpha value is -3.64. The monoisotopic (exact) mass is 563 g/mol. The molecule has 0 spiro atoms. The number of piperazine rings is 1. The van der Waals surface area contributed by atoms with E-state index >= 15 is 0 Å². The van der Waals surface area contributed by atoms with E-state index in [9.17, 15) is 0 Å². The van der Waals surface area contributed by atoms with Crippen molar-refractivity contribution < 1.29 is 9.47 Å². The van der Waals surface area contributed by atoms with Gasteiger partial charge in [-0.25, -0.2) is 10.0 Å². The van der Waals surface area contributed by atoms with Crippen LogP contribution in [0.4, 0.5) is 0 Å². The molecular formula is C37H45N3O2. The Morgan fingerprint density at radius 3 is 1.62 bits per heavy atom. The van der Waals surface area contributed by atoms with Gasteiger partial charge in [-0.1, -0.05) is 111 Å². The fourth-order valence-corrected chi connectivity index (χ4v) is 5.85. The number of hydrogen-bond donors (Lipinski definition) is 0.